The Balaban J connectivity index is 1.20. The van der Waals surface area contributed by atoms with Crippen molar-refractivity contribution >= 4 is 5.91 Å². The Morgan fingerprint density at radius 3 is 2.57 bits per heavy atom. The fourth-order valence-electron chi connectivity index (χ4n) is 3.61. The number of halogens is 1. The van der Waals surface area contributed by atoms with Gasteiger partial charge in [-0.1, -0.05) is 30.3 Å². The van der Waals surface area contributed by atoms with Crippen LogP contribution in [0.25, 0.3) is 11.3 Å². The molecular weight excluding hydrogens is 383 g/mol. The summed E-state index contributed by atoms with van der Waals surface area (Å²) >= 11 is 0. The van der Waals surface area contributed by atoms with Gasteiger partial charge in [0.25, 0.3) is 0 Å². The van der Waals surface area contributed by atoms with E-state index in [0.29, 0.717) is 44.2 Å². The highest BCUT2D eigenvalue weighted by Crippen LogP contribution is 2.22. The van der Waals surface area contributed by atoms with Gasteiger partial charge >= 0.3 is 0 Å². The first-order valence-corrected chi connectivity index (χ1v) is 10.3. The van der Waals surface area contributed by atoms with Gasteiger partial charge in [-0.2, -0.15) is 0 Å². The molecule has 1 aromatic heterocycles. The molecule has 0 N–H and O–H groups in total. The number of aromatic nitrogens is 1. The largest absolute Gasteiger partial charge is 0.441 e. The lowest BCUT2D eigenvalue weighted by molar-refractivity contribution is -0.134. The van der Waals surface area contributed by atoms with E-state index < -0.39 is 0 Å². The SMILES string of the molecule is O=C(CCc1ncc(-c2ccc(F)cc2)o1)N1CCC(OCc2ccccc2)CC1. The van der Waals surface area contributed by atoms with Crippen LogP contribution in [0, 0.1) is 5.82 Å². The van der Waals surface area contributed by atoms with E-state index in [4.69, 9.17) is 9.15 Å². The quantitative estimate of drug-likeness (QED) is 0.572. The first-order valence-electron chi connectivity index (χ1n) is 10.3. The fourth-order valence-corrected chi connectivity index (χ4v) is 3.61. The highest BCUT2D eigenvalue weighted by atomic mass is 19.1. The highest BCUT2D eigenvalue weighted by molar-refractivity contribution is 5.76. The molecule has 0 radical (unpaired) electrons. The minimum absolute atomic E-state index is 0.109. The van der Waals surface area contributed by atoms with Gasteiger partial charge in [0.2, 0.25) is 5.91 Å². The Morgan fingerprint density at radius 2 is 1.83 bits per heavy atom. The molecule has 2 heterocycles. The van der Waals surface area contributed by atoms with E-state index in [1.54, 1.807) is 18.3 Å². The van der Waals surface area contributed by atoms with E-state index in [1.165, 1.54) is 17.7 Å². The summed E-state index contributed by atoms with van der Waals surface area (Å²) in [4.78, 5) is 18.7. The molecule has 6 heteroatoms. The summed E-state index contributed by atoms with van der Waals surface area (Å²) in [6, 6.07) is 16.2. The van der Waals surface area contributed by atoms with Crippen LogP contribution in [0.2, 0.25) is 0 Å². The Morgan fingerprint density at radius 1 is 1.10 bits per heavy atom. The normalized spacial score (nSPS) is 14.8. The molecule has 0 unspecified atom stereocenters. The zero-order chi connectivity index (χ0) is 20.8. The predicted molar refractivity (Wildman–Crippen MR) is 111 cm³/mol. The number of aryl methyl sites for hydroxylation is 1. The number of benzene rings is 2. The Hall–Kier alpha value is -2.99. The van der Waals surface area contributed by atoms with E-state index >= 15 is 0 Å². The van der Waals surface area contributed by atoms with Crippen LogP contribution in [0.5, 0.6) is 0 Å². The monoisotopic (exact) mass is 408 g/mol. The zero-order valence-electron chi connectivity index (χ0n) is 16.8. The molecule has 1 aliphatic heterocycles. The van der Waals surface area contributed by atoms with Gasteiger partial charge < -0.3 is 14.1 Å². The number of hydrogen-bond donors (Lipinski definition) is 0. The van der Waals surface area contributed by atoms with Gasteiger partial charge in [0, 0.05) is 31.5 Å². The first-order chi connectivity index (χ1) is 14.7. The predicted octanol–water partition coefficient (Wildman–Crippen LogP) is 4.62. The van der Waals surface area contributed by atoms with E-state index in [-0.39, 0.29) is 17.8 Å². The maximum absolute atomic E-state index is 13.0. The number of ether oxygens (including phenoxy) is 1. The van der Waals surface area contributed by atoms with Gasteiger partial charge in [-0.05, 0) is 42.7 Å². The number of carbonyl (C=O) groups excluding carboxylic acids is 1. The van der Waals surface area contributed by atoms with Crippen molar-refractivity contribution in [3.8, 4) is 11.3 Å². The Labute approximate surface area is 175 Å². The Kier molecular flexibility index (Phi) is 6.54. The van der Waals surface area contributed by atoms with Gasteiger partial charge in [0.05, 0.1) is 18.9 Å². The molecule has 1 saturated heterocycles. The second kappa shape index (κ2) is 9.67. The van der Waals surface area contributed by atoms with Crippen LogP contribution in [0.3, 0.4) is 0 Å². The molecule has 0 spiro atoms. The van der Waals surface area contributed by atoms with Gasteiger partial charge in [-0.15, -0.1) is 0 Å². The molecule has 4 rings (SSSR count). The second-order valence-electron chi connectivity index (χ2n) is 7.50. The summed E-state index contributed by atoms with van der Waals surface area (Å²) in [5, 5.41) is 0. The van der Waals surface area contributed by atoms with E-state index in [2.05, 4.69) is 17.1 Å². The van der Waals surface area contributed by atoms with Gasteiger partial charge in [0.1, 0.15) is 5.82 Å². The van der Waals surface area contributed by atoms with E-state index in [9.17, 15) is 9.18 Å². The molecule has 5 nitrogen and oxygen atoms in total. The number of hydrogen-bond acceptors (Lipinski definition) is 4. The second-order valence-corrected chi connectivity index (χ2v) is 7.50. The molecule has 0 atom stereocenters. The highest BCUT2D eigenvalue weighted by Gasteiger charge is 2.23. The van der Waals surface area contributed by atoms with Crippen molar-refractivity contribution in [1.82, 2.24) is 9.88 Å². The van der Waals surface area contributed by atoms with Gasteiger partial charge in [0.15, 0.2) is 11.7 Å². The van der Waals surface area contributed by atoms with Crippen LogP contribution in [0.15, 0.2) is 65.2 Å². The van der Waals surface area contributed by atoms with Crippen LogP contribution >= 0.6 is 0 Å². The van der Waals surface area contributed by atoms with Crippen LogP contribution in [-0.2, 0) is 22.6 Å². The zero-order valence-corrected chi connectivity index (χ0v) is 16.8. The number of carbonyl (C=O) groups is 1. The average molecular weight is 408 g/mol. The third-order valence-electron chi connectivity index (χ3n) is 5.36. The lowest BCUT2D eigenvalue weighted by Crippen LogP contribution is -2.40. The van der Waals surface area contributed by atoms with Gasteiger partial charge in [-0.25, -0.2) is 9.37 Å². The summed E-state index contributed by atoms with van der Waals surface area (Å²) in [6.07, 6.45) is 4.32. The molecule has 156 valence electrons. The van der Waals surface area contributed by atoms with Crippen LogP contribution in [0.1, 0.15) is 30.7 Å². The van der Waals surface area contributed by atoms with Crippen LogP contribution in [-0.4, -0.2) is 35.0 Å². The van der Waals surface area contributed by atoms with Crippen molar-refractivity contribution in [3.05, 3.63) is 78.1 Å². The third kappa shape index (κ3) is 5.33. The molecule has 1 aliphatic rings. The lowest BCUT2D eigenvalue weighted by Gasteiger charge is -2.32. The molecule has 1 fully saturated rings. The van der Waals surface area contributed by atoms with Crippen molar-refractivity contribution < 1.29 is 18.3 Å². The maximum atomic E-state index is 13.0. The molecule has 3 aromatic rings. The molecule has 0 bridgehead atoms. The molecule has 1 amide bonds. The summed E-state index contributed by atoms with van der Waals surface area (Å²) in [5.74, 6) is 0.911. The third-order valence-corrected chi connectivity index (χ3v) is 5.36. The average Bonchev–Trinajstić information content (AvgIpc) is 3.27. The summed E-state index contributed by atoms with van der Waals surface area (Å²) < 4.78 is 24.7. The van der Waals surface area contributed by atoms with Crippen LogP contribution in [0.4, 0.5) is 4.39 Å². The summed E-state index contributed by atoms with van der Waals surface area (Å²) in [7, 11) is 0. The van der Waals surface area contributed by atoms with Crippen LogP contribution < -0.4 is 0 Å². The molecule has 0 saturated carbocycles. The fraction of sp³-hybridized carbons (Fsp3) is 0.333. The molecule has 2 aromatic carbocycles. The smallest absolute Gasteiger partial charge is 0.223 e. The standard InChI is InChI=1S/C24H25FN2O3/c25-20-8-6-19(7-9-20)22-16-26-23(30-22)10-11-24(28)27-14-12-21(13-15-27)29-17-18-4-2-1-3-5-18/h1-9,16,21H,10-15,17H2. The molecule has 0 aliphatic carbocycles. The van der Waals surface area contributed by atoms with Gasteiger partial charge in [-0.3, -0.25) is 4.79 Å². The number of piperidine rings is 1. The van der Waals surface area contributed by atoms with Crippen molar-refractivity contribution in [2.75, 3.05) is 13.1 Å². The van der Waals surface area contributed by atoms with Crippen molar-refractivity contribution in [1.29, 1.82) is 0 Å². The topological polar surface area (TPSA) is 55.6 Å². The summed E-state index contributed by atoms with van der Waals surface area (Å²) in [5.41, 5.74) is 1.93. The first kappa shape index (κ1) is 20.3. The lowest BCUT2D eigenvalue weighted by atomic mass is 10.1. The number of rotatable bonds is 7. The minimum atomic E-state index is -0.293. The Bertz CT molecular complexity index is 948. The number of oxazole rings is 1. The number of likely N-dealkylation sites (tertiary alicyclic amines) is 1. The number of nitrogens with zero attached hydrogens (tertiary/aromatic N) is 2. The minimum Gasteiger partial charge on any atom is -0.441 e. The maximum Gasteiger partial charge on any atom is 0.223 e. The van der Waals surface area contributed by atoms with E-state index in [1.807, 2.05) is 23.1 Å². The summed E-state index contributed by atoms with van der Waals surface area (Å²) in [6.45, 7) is 2.04. The molecular formula is C24H25FN2O3. The van der Waals surface area contributed by atoms with Crippen molar-refractivity contribution in [2.45, 2.75) is 38.4 Å². The number of amides is 1. The van der Waals surface area contributed by atoms with Crippen molar-refractivity contribution in [2.24, 2.45) is 0 Å². The van der Waals surface area contributed by atoms with E-state index in [0.717, 1.165) is 18.4 Å². The van der Waals surface area contributed by atoms with Crippen molar-refractivity contribution in [3.63, 3.8) is 0 Å². The molecule has 30 heavy (non-hydrogen) atoms.